The average Bonchev–Trinajstić information content (AvgIpc) is 3.73. The Morgan fingerprint density at radius 3 is 1.41 bits per heavy atom. The van der Waals surface area contributed by atoms with E-state index in [1.54, 1.807) is 58.9 Å². The van der Waals surface area contributed by atoms with Gasteiger partial charge in [-0.2, -0.15) is 45.0 Å². The zero-order valence-corrected chi connectivity index (χ0v) is 23.5. The maximum absolute atomic E-state index is 5.86. The second kappa shape index (κ2) is 12.9. The fraction of sp³-hybridized carbons (Fsp3) is 0.143. The van der Waals surface area contributed by atoms with Gasteiger partial charge in [-0.25, -0.2) is 0 Å². The van der Waals surface area contributed by atoms with Gasteiger partial charge in [-0.1, -0.05) is 35.3 Å². The van der Waals surface area contributed by atoms with Crippen molar-refractivity contribution in [3.63, 3.8) is 0 Å². The second-order valence-corrected chi connectivity index (χ2v) is 9.46. The molecule has 0 amide bonds. The Morgan fingerprint density at radius 2 is 0.872 bits per heavy atom. The van der Waals surface area contributed by atoms with Crippen molar-refractivity contribution in [2.75, 3.05) is 0 Å². The molecule has 0 atom stereocenters. The third-order valence-electron chi connectivity index (χ3n) is 5.73. The smallest absolute Gasteiger partial charge is 0.0900 e. The molecule has 0 aliphatic heterocycles. The fourth-order valence-corrected chi connectivity index (χ4v) is 3.85. The zero-order valence-electron chi connectivity index (χ0n) is 21.9. The molecule has 9 nitrogen and oxygen atoms in total. The highest BCUT2D eigenvalue weighted by molar-refractivity contribution is 6.31. The van der Waals surface area contributed by atoms with E-state index in [4.69, 9.17) is 23.2 Å². The summed E-state index contributed by atoms with van der Waals surface area (Å²) in [7, 11) is 0. The summed E-state index contributed by atoms with van der Waals surface area (Å²) in [5, 5.41) is 25.7. The lowest BCUT2D eigenvalue weighted by Crippen LogP contribution is -2.02. The third kappa shape index (κ3) is 7.37. The van der Waals surface area contributed by atoms with Crippen LogP contribution in [-0.2, 0) is 0 Å². The number of halogens is 2. The first-order valence-electron chi connectivity index (χ1n) is 12.0. The van der Waals surface area contributed by atoms with Crippen molar-refractivity contribution in [2.45, 2.75) is 27.7 Å². The maximum Gasteiger partial charge on any atom is 0.0900 e. The van der Waals surface area contributed by atoms with Gasteiger partial charge < -0.3 is 0 Å². The lowest BCUT2D eigenvalue weighted by atomic mass is 10.1. The van der Waals surface area contributed by atoms with Crippen LogP contribution in [0.15, 0.2) is 91.8 Å². The molecule has 0 N–H and O–H groups in total. The van der Waals surface area contributed by atoms with Gasteiger partial charge in [0.15, 0.2) is 0 Å². The number of nitrogens with zero attached hydrogens (tertiary/aromatic N) is 9. The van der Waals surface area contributed by atoms with E-state index in [9.17, 15) is 0 Å². The van der Waals surface area contributed by atoms with Crippen molar-refractivity contribution in [1.29, 1.82) is 0 Å². The molecule has 0 saturated carbocycles. The van der Waals surface area contributed by atoms with E-state index in [-0.39, 0.29) is 0 Å². The van der Waals surface area contributed by atoms with E-state index in [0.717, 1.165) is 22.6 Å². The molecule has 0 saturated heterocycles. The molecule has 39 heavy (non-hydrogen) atoms. The van der Waals surface area contributed by atoms with Gasteiger partial charge in [0.05, 0.1) is 54.2 Å². The number of rotatable bonds is 3. The number of benzene rings is 3. The van der Waals surface area contributed by atoms with Crippen LogP contribution in [0.3, 0.4) is 0 Å². The molecule has 3 heterocycles. The average molecular weight is 560 g/mol. The van der Waals surface area contributed by atoms with Gasteiger partial charge in [0, 0.05) is 10.0 Å². The Bertz CT molecular complexity index is 1590. The topological polar surface area (TPSA) is 92.1 Å². The normalized spacial score (nSPS) is 10.3. The van der Waals surface area contributed by atoms with Crippen LogP contribution in [0.4, 0.5) is 0 Å². The van der Waals surface area contributed by atoms with E-state index in [1.807, 2.05) is 37.3 Å². The zero-order chi connectivity index (χ0) is 27.8. The molecule has 0 aliphatic carbocycles. The largest absolute Gasteiger partial charge is 0.157 e. The monoisotopic (exact) mass is 559 g/mol. The van der Waals surface area contributed by atoms with Crippen LogP contribution in [0.2, 0.25) is 10.0 Å². The van der Waals surface area contributed by atoms with Crippen LogP contribution in [0.25, 0.3) is 17.1 Å². The summed E-state index contributed by atoms with van der Waals surface area (Å²) in [6.45, 7) is 8.28. The summed E-state index contributed by atoms with van der Waals surface area (Å²) >= 11 is 11.6. The van der Waals surface area contributed by atoms with Crippen molar-refractivity contribution >= 4 is 23.2 Å². The van der Waals surface area contributed by atoms with E-state index >= 15 is 0 Å². The lowest BCUT2D eigenvalue weighted by molar-refractivity contribution is 0.746. The van der Waals surface area contributed by atoms with E-state index in [1.165, 1.54) is 21.5 Å². The van der Waals surface area contributed by atoms with E-state index in [0.29, 0.717) is 10.0 Å². The Kier molecular flexibility index (Phi) is 9.19. The Hall–Kier alpha value is -4.34. The van der Waals surface area contributed by atoms with Crippen molar-refractivity contribution in [1.82, 2.24) is 45.0 Å². The molecule has 0 spiro atoms. The molecule has 198 valence electrons. The molecule has 0 radical (unpaired) electrons. The molecule has 11 heteroatoms. The second-order valence-electron chi connectivity index (χ2n) is 8.59. The molecule has 3 aromatic carbocycles. The van der Waals surface area contributed by atoms with Crippen molar-refractivity contribution in [2.24, 2.45) is 0 Å². The van der Waals surface area contributed by atoms with Crippen LogP contribution in [0.5, 0.6) is 0 Å². The number of hydrogen-bond acceptors (Lipinski definition) is 6. The van der Waals surface area contributed by atoms with Crippen LogP contribution in [0.1, 0.15) is 22.3 Å². The highest BCUT2D eigenvalue weighted by Crippen LogP contribution is 2.18. The first-order chi connectivity index (χ1) is 18.8. The minimum Gasteiger partial charge on any atom is -0.157 e. The standard InChI is InChI=1S/C11H13N3.C9H8ClN3.C8H6ClN3/c1-8-6-10(3)11(7-9(8)2)14-12-4-5-13-14;1-7-2-3-8(10)6-9(7)13-11-4-5-12-13;9-7-1-3-8(4-2-7)12-10-5-6-11-12/h4-7H,1-3H3;2-6H,1H3;1-6H. The fourth-order valence-electron chi connectivity index (χ4n) is 3.56. The number of aryl methyl sites for hydroxylation is 4. The van der Waals surface area contributed by atoms with Gasteiger partial charge in [0.1, 0.15) is 0 Å². The predicted molar refractivity (Wildman–Crippen MR) is 153 cm³/mol. The highest BCUT2D eigenvalue weighted by Gasteiger charge is 2.05. The molecule has 0 aliphatic rings. The summed E-state index contributed by atoms with van der Waals surface area (Å²) in [4.78, 5) is 4.75. The molecule has 0 bridgehead atoms. The highest BCUT2D eigenvalue weighted by atomic mass is 35.5. The molecule has 3 aromatic heterocycles. The molecule has 6 rings (SSSR count). The van der Waals surface area contributed by atoms with Crippen LogP contribution in [0, 0.1) is 27.7 Å². The minimum atomic E-state index is 0.693. The van der Waals surface area contributed by atoms with E-state index in [2.05, 4.69) is 63.5 Å². The summed E-state index contributed by atoms with van der Waals surface area (Å²) < 4.78 is 0. The van der Waals surface area contributed by atoms with Gasteiger partial charge >= 0.3 is 0 Å². The molecule has 0 fully saturated rings. The summed E-state index contributed by atoms with van der Waals surface area (Å²) in [6.07, 6.45) is 9.92. The minimum absolute atomic E-state index is 0.693. The molecular weight excluding hydrogens is 533 g/mol. The maximum atomic E-state index is 5.86. The Labute approximate surface area is 236 Å². The van der Waals surface area contributed by atoms with Crippen molar-refractivity contribution in [3.8, 4) is 17.1 Å². The Morgan fingerprint density at radius 1 is 0.436 bits per heavy atom. The molecule has 6 aromatic rings. The molecular formula is C28H27Cl2N9. The van der Waals surface area contributed by atoms with Gasteiger partial charge in [-0.05, 0) is 92.4 Å². The molecule has 0 unspecified atom stereocenters. The summed E-state index contributed by atoms with van der Waals surface area (Å²) in [5.74, 6) is 0. The van der Waals surface area contributed by atoms with Gasteiger partial charge in [-0.3, -0.25) is 0 Å². The Balaban J connectivity index is 0.000000136. The first kappa shape index (κ1) is 27.7. The SMILES string of the molecule is Cc1cc(C)c(-n2nccn2)cc1C.Cc1ccc(Cl)cc1-n1nccn1.Clc1ccc(-n2nccn2)cc1. The quantitative estimate of drug-likeness (QED) is 0.251. The van der Waals surface area contributed by atoms with Crippen LogP contribution < -0.4 is 0 Å². The lowest BCUT2D eigenvalue weighted by Gasteiger charge is -2.08. The number of hydrogen-bond donors (Lipinski definition) is 0. The van der Waals surface area contributed by atoms with Gasteiger partial charge in [0.2, 0.25) is 0 Å². The van der Waals surface area contributed by atoms with E-state index < -0.39 is 0 Å². The summed E-state index contributed by atoms with van der Waals surface area (Å²) in [6, 6.07) is 17.3. The van der Waals surface area contributed by atoms with Gasteiger partial charge in [-0.15, -0.1) is 0 Å². The van der Waals surface area contributed by atoms with Crippen LogP contribution >= 0.6 is 23.2 Å². The third-order valence-corrected chi connectivity index (χ3v) is 6.22. The number of aromatic nitrogens is 9. The van der Waals surface area contributed by atoms with Gasteiger partial charge in [0.25, 0.3) is 0 Å². The summed E-state index contributed by atoms with van der Waals surface area (Å²) in [5.41, 5.74) is 7.74. The first-order valence-corrected chi connectivity index (χ1v) is 12.8. The predicted octanol–water partition coefficient (Wildman–Crippen LogP) is 6.34. The van der Waals surface area contributed by atoms with Crippen molar-refractivity contribution in [3.05, 3.63) is 124 Å². The van der Waals surface area contributed by atoms with Crippen LogP contribution in [-0.4, -0.2) is 45.0 Å². The van der Waals surface area contributed by atoms with Crippen molar-refractivity contribution < 1.29 is 0 Å².